The Morgan fingerprint density at radius 2 is 1.73 bits per heavy atom. The topological polar surface area (TPSA) is 163 Å². The highest BCUT2D eigenvalue weighted by atomic mass is 32.2. The molecular formula is C36H42N3O10S2+. The highest BCUT2D eigenvalue weighted by molar-refractivity contribution is 7.94. The Hall–Kier alpha value is -4.12. The number of allylic oxidation sites excluding steroid dienone is 6. The van der Waals surface area contributed by atoms with E-state index in [1.54, 1.807) is 6.07 Å². The lowest BCUT2D eigenvalue weighted by atomic mass is 9.77. The van der Waals surface area contributed by atoms with Crippen LogP contribution in [0.4, 0.5) is 11.4 Å². The third-order valence-corrected chi connectivity index (χ3v) is 11.2. The number of likely N-dealkylation sites (N-methyl/N-ethyl adjacent to an activating group) is 1. The zero-order valence-electron chi connectivity index (χ0n) is 29.1. The first-order valence-electron chi connectivity index (χ1n) is 16.5. The van der Waals surface area contributed by atoms with Gasteiger partial charge in [-0.25, -0.2) is 10.1 Å². The summed E-state index contributed by atoms with van der Waals surface area (Å²) in [6, 6.07) is 10.5. The van der Waals surface area contributed by atoms with Crippen molar-refractivity contribution in [3.8, 4) is 0 Å². The molecule has 2 aromatic rings. The summed E-state index contributed by atoms with van der Waals surface area (Å²) in [5, 5.41) is 12.8. The Labute approximate surface area is 301 Å². The van der Waals surface area contributed by atoms with Crippen molar-refractivity contribution in [2.24, 2.45) is 0 Å². The standard InChI is InChI=1S/C36H41N3O10S2/c1-35(2)26-22-24(50-49-48-43)15-17-28(26)37(4)30(35)12-8-6-9-13-31-36(3,27-23-25(51(44,45)46)16-18-29(27)38(31)5)21-11-7-10-14-34(42)47-39-32(40)19-20-33(39)41/h6,8-9,12-13,15-18,22-23H,7,10-11,14,19-21H2,1-5H3,(H-,43,44,45,46)/p+1. The number of hydrogen-bond donors (Lipinski definition) is 2. The summed E-state index contributed by atoms with van der Waals surface area (Å²) in [4.78, 5) is 43.4. The maximum Gasteiger partial charge on any atom is 0.333 e. The zero-order valence-corrected chi connectivity index (χ0v) is 30.8. The number of rotatable bonds is 14. The molecule has 1 saturated heterocycles. The van der Waals surface area contributed by atoms with Gasteiger partial charge in [-0.2, -0.15) is 13.0 Å². The Bertz CT molecular complexity index is 1950. The van der Waals surface area contributed by atoms with Crippen molar-refractivity contribution in [2.75, 3.05) is 19.0 Å². The van der Waals surface area contributed by atoms with Gasteiger partial charge in [0.25, 0.3) is 21.9 Å². The van der Waals surface area contributed by atoms with Gasteiger partial charge in [0.15, 0.2) is 5.71 Å². The van der Waals surface area contributed by atoms with Crippen molar-refractivity contribution in [1.29, 1.82) is 0 Å². The van der Waals surface area contributed by atoms with Gasteiger partial charge < -0.3 is 9.74 Å². The molecule has 1 unspecified atom stereocenters. The molecule has 15 heteroatoms. The molecule has 0 aliphatic carbocycles. The third kappa shape index (κ3) is 7.88. The lowest BCUT2D eigenvalue weighted by Gasteiger charge is -2.29. The quantitative estimate of drug-likeness (QED) is 0.0324. The Kier molecular flexibility index (Phi) is 11.4. The molecule has 51 heavy (non-hydrogen) atoms. The monoisotopic (exact) mass is 740 g/mol. The molecule has 2 N–H and O–H groups in total. The summed E-state index contributed by atoms with van der Waals surface area (Å²) in [7, 11) is -0.511. The van der Waals surface area contributed by atoms with E-state index in [0.29, 0.717) is 30.7 Å². The lowest BCUT2D eigenvalue weighted by molar-refractivity contribution is -0.432. The fourth-order valence-corrected chi connectivity index (χ4v) is 8.02. The van der Waals surface area contributed by atoms with Gasteiger partial charge >= 0.3 is 5.97 Å². The van der Waals surface area contributed by atoms with Gasteiger partial charge in [0.05, 0.1) is 22.4 Å². The number of carbonyl (C=O) groups is 3. The number of benzene rings is 2. The van der Waals surface area contributed by atoms with Crippen LogP contribution in [0, 0.1) is 0 Å². The van der Waals surface area contributed by atoms with Crippen LogP contribution in [0.1, 0.15) is 76.8 Å². The summed E-state index contributed by atoms with van der Waals surface area (Å²) in [5.41, 5.74) is 4.79. The van der Waals surface area contributed by atoms with Crippen molar-refractivity contribution < 1.29 is 51.4 Å². The maximum atomic E-state index is 12.3. The molecule has 0 aromatic heterocycles. The molecule has 13 nitrogen and oxygen atoms in total. The van der Waals surface area contributed by atoms with Crippen molar-refractivity contribution in [3.05, 3.63) is 83.6 Å². The van der Waals surface area contributed by atoms with E-state index in [1.165, 1.54) is 12.1 Å². The summed E-state index contributed by atoms with van der Waals surface area (Å²) in [6.07, 6.45) is 12.4. The van der Waals surface area contributed by atoms with Crippen molar-refractivity contribution in [2.45, 2.75) is 86.3 Å². The smallest absolute Gasteiger partial charge is 0.333 e. The number of amides is 2. The molecule has 2 amide bonds. The number of nitrogens with zero attached hydrogens (tertiary/aromatic N) is 3. The van der Waals surface area contributed by atoms with Gasteiger partial charge in [0.2, 0.25) is 5.69 Å². The van der Waals surface area contributed by atoms with E-state index in [-0.39, 0.29) is 29.6 Å². The zero-order chi connectivity index (χ0) is 37.1. The molecule has 0 bridgehead atoms. The molecule has 1 fully saturated rings. The molecule has 3 heterocycles. The van der Waals surface area contributed by atoms with Crippen LogP contribution in [0.3, 0.4) is 0 Å². The van der Waals surface area contributed by atoms with E-state index in [1.807, 2.05) is 68.4 Å². The summed E-state index contributed by atoms with van der Waals surface area (Å²) < 4.78 is 40.7. The van der Waals surface area contributed by atoms with Gasteiger partial charge in [0, 0.05) is 65.7 Å². The maximum absolute atomic E-state index is 12.3. The molecule has 0 spiro atoms. The van der Waals surface area contributed by atoms with Gasteiger partial charge in [-0.15, -0.1) is 9.40 Å². The van der Waals surface area contributed by atoms with E-state index in [0.717, 1.165) is 50.8 Å². The molecule has 0 saturated carbocycles. The first-order valence-corrected chi connectivity index (χ1v) is 18.7. The number of hydroxylamine groups is 2. The molecule has 0 radical (unpaired) electrons. The summed E-state index contributed by atoms with van der Waals surface area (Å²) >= 11 is 0.915. The molecule has 272 valence electrons. The molecule has 3 aliphatic rings. The van der Waals surface area contributed by atoms with E-state index in [9.17, 15) is 27.4 Å². The highest BCUT2D eigenvalue weighted by Crippen LogP contribution is 2.50. The lowest BCUT2D eigenvalue weighted by Crippen LogP contribution is -2.31. The van der Waals surface area contributed by atoms with Crippen LogP contribution < -0.4 is 4.90 Å². The van der Waals surface area contributed by atoms with E-state index in [4.69, 9.17) is 10.1 Å². The first-order chi connectivity index (χ1) is 24.1. The Morgan fingerprint density at radius 3 is 2.41 bits per heavy atom. The van der Waals surface area contributed by atoms with Crippen LogP contribution in [-0.2, 0) is 49.5 Å². The van der Waals surface area contributed by atoms with E-state index >= 15 is 0 Å². The van der Waals surface area contributed by atoms with Crippen LogP contribution in [0.25, 0.3) is 0 Å². The van der Waals surface area contributed by atoms with Gasteiger partial charge in [-0.3, -0.25) is 14.1 Å². The summed E-state index contributed by atoms with van der Waals surface area (Å²) in [6.45, 7) is 6.30. The first kappa shape index (κ1) is 38.1. The predicted octanol–water partition coefficient (Wildman–Crippen LogP) is 6.33. The van der Waals surface area contributed by atoms with Crippen LogP contribution in [0.2, 0.25) is 0 Å². The Balaban J connectivity index is 1.31. The third-order valence-electron chi connectivity index (χ3n) is 9.80. The van der Waals surface area contributed by atoms with Crippen molar-refractivity contribution in [3.63, 3.8) is 0 Å². The van der Waals surface area contributed by atoms with Crippen LogP contribution in [0.15, 0.2) is 82.3 Å². The number of fused-ring (bicyclic) bond motifs is 2. The van der Waals surface area contributed by atoms with Crippen molar-refractivity contribution >= 4 is 57.0 Å². The van der Waals surface area contributed by atoms with Gasteiger partial charge in [-0.1, -0.05) is 36.1 Å². The average molecular weight is 741 g/mol. The normalized spacial score (nSPS) is 20.8. The minimum absolute atomic E-state index is 0.0334. The van der Waals surface area contributed by atoms with Crippen LogP contribution >= 0.6 is 12.0 Å². The number of anilines is 1. The van der Waals surface area contributed by atoms with E-state index in [2.05, 4.69) is 33.9 Å². The molecular weight excluding hydrogens is 699 g/mol. The highest BCUT2D eigenvalue weighted by Gasteiger charge is 2.44. The molecule has 3 aliphatic heterocycles. The van der Waals surface area contributed by atoms with Crippen LogP contribution in [0.5, 0.6) is 0 Å². The number of unbranched alkanes of at least 4 members (excludes halogenated alkanes) is 2. The van der Waals surface area contributed by atoms with Crippen molar-refractivity contribution in [1.82, 2.24) is 5.06 Å². The molecule has 5 rings (SSSR count). The van der Waals surface area contributed by atoms with E-state index < -0.39 is 33.3 Å². The minimum Gasteiger partial charge on any atom is -0.347 e. The SMILES string of the molecule is CN1\C(=C/C=C/C=C/C2=[N+](C)c3ccc(SOOO)cc3C2(C)C)C(C)(CCCCCC(=O)ON2C(=O)CCC2=O)c2cc(S(=O)(=O)O)ccc21. The summed E-state index contributed by atoms with van der Waals surface area (Å²) in [5.74, 6) is -1.69. The second-order valence-electron chi connectivity index (χ2n) is 13.4. The number of carbonyl (C=O) groups excluding carboxylic acids is 3. The number of imide groups is 1. The molecule has 2 aromatic carbocycles. The predicted molar refractivity (Wildman–Crippen MR) is 190 cm³/mol. The van der Waals surface area contributed by atoms with Crippen LogP contribution in [-0.4, -0.2) is 65.5 Å². The fraction of sp³-hybridized carbons (Fsp3) is 0.389. The largest absolute Gasteiger partial charge is 0.347 e. The number of hydrogen-bond acceptors (Lipinski definition) is 11. The fourth-order valence-electron chi connectivity index (χ4n) is 7.12. The van der Waals surface area contributed by atoms with Gasteiger partial charge in [-0.05, 0) is 75.6 Å². The Morgan fingerprint density at radius 1 is 1.00 bits per heavy atom. The second kappa shape index (κ2) is 15.2. The van der Waals surface area contributed by atoms with Gasteiger partial charge in [0.1, 0.15) is 7.05 Å². The minimum atomic E-state index is -4.43. The molecule has 1 atom stereocenters. The average Bonchev–Trinajstić information content (AvgIpc) is 3.58. The second-order valence-corrected chi connectivity index (χ2v) is 15.6.